The maximum absolute atomic E-state index is 10.9. The molecule has 10 heteroatoms. The number of phenols is 1. The predicted molar refractivity (Wildman–Crippen MR) is 105 cm³/mol. The lowest BCUT2D eigenvalue weighted by atomic mass is 10.1. The van der Waals surface area contributed by atoms with Gasteiger partial charge in [0.25, 0.3) is 0 Å². The Balaban J connectivity index is 1.81. The van der Waals surface area contributed by atoms with E-state index in [0.717, 1.165) is 16.9 Å². The summed E-state index contributed by atoms with van der Waals surface area (Å²) < 4.78 is 7.43. The smallest absolute Gasteiger partial charge is 0.311 e. The van der Waals surface area contributed by atoms with Crippen LogP contribution in [0, 0.1) is 28.7 Å². The van der Waals surface area contributed by atoms with Crippen LogP contribution in [0.3, 0.4) is 0 Å². The molecule has 0 aliphatic carbocycles. The quantitative estimate of drug-likeness (QED) is 0.283. The fourth-order valence-corrected chi connectivity index (χ4v) is 2.73. The number of phenolic OH excluding ortho intramolecular Hbond substituents is 1. The van der Waals surface area contributed by atoms with Gasteiger partial charge in [0.2, 0.25) is 4.77 Å². The molecule has 0 radical (unpaired) electrons. The molecule has 0 spiro atoms. The first-order chi connectivity index (χ1) is 13.3. The minimum atomic E-state index is -0.667. The van der Waals surface area contributed by atoms with E-state index in [1.165, 1.54) is 29.1 Å². The van der Waals surface area contributed by atoms with Crippen LogP contribution in [-0.4, -0.2) is 31.1 Å². The van der Waals surface area contributed by atoms with Gasteiger partial charge < -0.3 is 9.84 Å². The number of hydrogen-bond donors (Lipinski definition) is 2. The summed E-state index contributed by atoms with van der Waals surface area (Å²) in [6.45, 7) is 4.09. The largest absolute Gasteiger partial charge is 0.502 e. The first kappa shape index (κ1) is 19.2. The van der Waals surface area contributed by atoms with Crippen LogP contribution < -0.4 is 4.74 Å². The van der Waals surface area contributed by atoms with Crippen LogP contribution in [0.1, 0.15) is 22.5 Å². The lowest BCUT2D eigenvalue weighted by Gasteiger charge is -2.09. The van der Waals surface area contributed by atoms with Crippen LogP contribution in [0.4, 0.5) is 5.69 Å². The zero-order valence-corrected chi connectivity index (χ0v) is 15.9. The summed E-state index contributed by atoms with van der Waals surface area (Å²) >= 11 is 5.18. The Kier molecular flexibility index (Phi) is 5.50. The van der Waals surface area contributed by atoms with Crippen molar-refractivity contribution in [2.75, 3.05) is 0 Å². The summed E-state index contributed by atoms with van der Waals surface area (Å²) in [5.74, 6) is 0.753. The molecule has 2 N–H and O–H groups in total. The lowest BCUT2D eigenvalue weighted by molar-refractivity contribution is -0.385. The molecule has 9 nitrogen and oxygen atoms in total. The lowest BCUT2D eigenvalue weighted by Crippen LogP contribution is -2.05. The molecule has 0 saturated heterocycles. The highest BCUT2D eigenvalue weighted by molar-refractivity contribution is 7.71. The van der Waals surface area contributed by atoms with Crippen LogP contribution in [0.25, 0.3) is 0 Å². The van der Waals surface area contributed by atoms with E-state index < -0.39 is 16.4 Å². The second-order valence-corrected chi connectivity index (χ2v) is 6.45. The average molecular weight is 399 g/mol. The van der Waals surface area contributed by atoms with Crippen molar-refractivity contribution in [3.8, 4) is 11.5 Å². The van der Waals surface area contributed by atoms with Gasteiger partial charge in [0.1, 0.15) is 12.4 Å². The number of nitrogens with one attached hydrogen (secondary N) is 1. The monoisotopic (exact) mass is 399 g/mol. The standard InChI is InChI=1S/C18H17N5O4S/c1-11-3-6-16(12(2)7-11)27-10-17-20-21-18(28)22(17)19-9-13-4-5-15(24)14(8-13)23(25)26/h3-9,24H,10H2,1-2H3,(H,21,28)/b19-9+. The van der Waals surface area contributed by atoms with E-state index in [4.69, 9.17) is 17.0 Å². The van der Waals surface area contributed by atoms with Crippen molar-refractivity contribution in [3.05, 3.63) is 73.8 Å². The number of benzene rings is 2. The summed E-state index contributed by atoms with van der Waals surface area (Å²) in [6.07, 6.45) is 1.39. The highest BCUT2D eigenvalue weighted by Crippen LogP contribution is 2.25. The Morgan fingerprint density at radius 1 is 1.36 bits per heavy atom. The molecule has 0 saturated carbocycles. The van der Waals surface area contributed by atoms with Crippen molar-refractivity contribution >= 4 is 24.1 Å². The highest BCUT2D eigenvalue weighted by atomic mass is 32.1. The normalized spacial score (nSPS) is 11.1. The van der Waals surface area contributed by atoms with Crippen molar-refractivity contribution in [2.24, 2.45) is 5.10 Å². The summed E-state index contributed by atoms with van der Waals surface area (Å²) in [4.78, 5) is 10.3. The van der Waals surface area contributed by atoms with E-state index in [1.54, 1.807) is 0 Å². The fourth-order valence-electron chi connectivity index (χ4n) is 2.53. The molecular formula is C18H17N5O4S. The Bertz CT molecular complexity index is 1120. The van der Waals surface area contributed by atoms with Gasteiger partial charge in [0, 0.05) is 11.6 Å². The molecule has 0 atom stereocenters. The van der Waals surface area contributed by atoms with Gasteiger partial charge in [-0.15, -0.1) is 0 Å². The van der Waals surface area contributed by atoms with Gasteiger partial charge in [-0.05, 0) is 49.8 Å². The van der Waals surface area contributed by atoms with E-state index in [0.29, 0.717) is 11.4 Å². The first-order valence-corrected chi connectivity index (χ1v) is 8.64. The van der Waals surface area contributed by atoms with Gasteiger partial charge in [0.15, 0.2) is 11.6 Å². The number of aromatic nitrogens is 3. The molecule has 0 aliphatic heterocycles. The van der Waals surface area contributed by atoms with Crippen molar-refractivity contribution in [2.45, 2.75) is 20.5 Å². The van der Waals surface area contributed by atoms with Crippen LogP contribution >= 0.6 is 12.2 Å². The van der Waals surface area contributed by atoms with Crippen molar-refractivity contribution in [3.63, 3.8) is 0 Å². The molecule has 28 heavy (non-hydrogen) atoms. The third kappa shape index (κ3) is 4.23. The van der Waals surface area contributed by atoms with Gasteiger partial charge in [-0.3, -0.25) is 10.1 Å². The molecule has 2 aromatic carbocycles. The number of ether oxygens (including phenoxy) is 1. The van der Waals surface area contributed by atoms with Crippen molar-refractivity contribution in [1.29, 1.82) is 0 Å². The molecule has 0 bridgehead atoms. The number of nitro groups is 1. The molecule has 1 heterocycles. The molecule has 144 valence electrons. The SMILES string of the molecule is Cc1ccc(OCc2n[nH]c(=S)n2/N=C/c2ccc(O)c([N+](=O)[O-])c2)c(C)c1. The second-order valence-electron chi connectivity index (χ2n) is 6.06. The zero-order valence-electron chi connectivity index (χ0n) is 15.1. The Morgan fingerprint density at radius 2 is 2.14 bits per heavy atom. The van der Waals surface area contributed by atoms with Crippen LogP contribution in [0.15, 0.2) is 41.5 Å². The number of hydrogen-bond acceptors (Lipinski definition) is 7. The molecule has 3 aromatic rings. The number of nitrogens with zero attached hydrogens (tertiary/aromatic N) is 4. The van der Waals surface area contributed by atoms with Gasteiger partial charge in [-0.1, -0.05) is 17.7 Å². The molecule has 0 aliphatic rings. The Morgan fingerprint density at radius 3 is 2.86 bits per heavy atom. The average Bonchev–Trinajstić information content (AvgIpc) is 3.00. The highest BCUT2D eigenvalue weighted by Gasteiger charge is 2.13. The van der Waals surface area contributed by atoms with Crippen LogP contribution in [0.5, 0.6) is 11.5 Å². The Hall–Kier alpha value is -3.53. The van der Waals surface area contributed by atoms with E-state index in [1.807, 2.05) is 32.0 Å². The summed E-state index contributed by atoms with van der Waals surface area (Å²) in [6, 6.07) is 9.81. The molecular weight excluding hydrogens is 382 g/mol. The van der Waals surface area contributed by atoms with E-state index in [9.17, 15) is 15.2 Å². The minimum absolute atomic E-state index is 0.129. The number of H-pyrrole nitrogens is 1. The summed E-state index contributed by atoms with van der Waals surface area (Å²) in [7, 11) is 0. The first-order valence-electron chi connectivity index (χ1n) is 8.23. The van der Waals surface area contributed by atoms with Gasteiger partial charge in [-0.2, -0.15) is 14.9 Å². The van der Waals surface area contributed by atoms with E-state index in [2.05, 4.69) is 15.3 Å². The van der Waals surface area contributed by atoms with Gasteiger partial charge in [-0.25, -0.2) is 5.10 Å². The second kappa shape index (κ2) is 8.01. The Labute approximate surface area is 165 Å². The minimum Gasteiger partial charge on any atom is -0.502 e. The maximum Gasteiger partial charge on any atom is 0.311 e. The molecule has 0 fully saturated rings. The third-order valence-corrected chi connectivity index (χ3v) is 4.19. The molecule has 0 amide bonds. The number of nitro benzene ring substituents is 1. The third-order valence-electron chi connectivity index (χ3n) is 3.92. The summed E-state index contributed by atoms with van der Waals surface area (Å²) in [5, 5.41) is 31.4. The summed E-state index contributed by atoms with van der Waals surface area (Å²) in [5.41, 5.74) is 2.16. The van der Waals surface area contributed by atoms with Gasteiger partial charge in [0.05, 0.1) is 11.1 Å². The van der Waals surface area contributed by atoms with Crippen LogP contribution in [0.2, 0.25) is 0 Å². The van der Waals surface area contributed by atoms with E-state index >= 15 is 0 Å². The van der Waals surface area contributed by atoms with Crippen molar-refractivity contribution < 1.29 is 14.8 Å². The molecule has 1 aromatic heterocycles. The fraction of sp³-hybridized carbons (Fsp3) is 0.167. The number of aromatic amines is 1. The maximum atomic E-state index is 10.9. The number of rotatable bonds is 6. The van der Waals surface area contributed by atoms with Crippen molar-refractivity contribution in [1.82, 2.24) is 14.9 Å². The number of aromatic hydroxyl groups is 1. The predicted octanol–water partition coefficient (Wildman–Crippen LogP) is 3.63. The van der Waals surface area contributed by atoms with Crippen LogP contribution in [-0.2, 0) is 6.61 Å². The topological polar surface area (TPSA) is 119 Å². The number of aryl methyl sites for hydroxylation is 2. The molecule has 3 rings (SSSR count). The van der Waals surface area contributed by atoms with E-state index in [-0.39, 0.29) is 11.4 Å². The molecule has 0 unspecified atom stereocenters. The zero-order chi connectivity index (χ0) is 20.3. The van der Waals surface area contributed by atoms with Gasteiger partial charge >= 0.3 is 5.69 Å².